The van der Waals surface area contributed by atoms with Crippen LogP contribution in [0, 0.1) is 0 Å². The Bertz CT molecular complexity index is 2290. The van der Waals surface area contributed by atoms with Crippen molar-refractivity contribution in [2.24, 2.45) is 0 Å². The molecule has 0 spiro atoms. The number of nitrogens with one attached hydrogen (secondary N) is 4. The van der Waals surface area contributed by atoms with E-state index < -0.39 is 13.6 Å². The number of methoxy groups -OCH3 is 1. The van der Waals surface area contributed by atoms with E-state index in [9.17, 15) is 18.9 Å². The number of unbranched alkanes of at least 4 members (excludes halogenated alkanes) is 4. The molecule has 3 aromatic carbocycles. The first-order chi connectivity index (χ1) is 30.1. The van der Waals surface area contributed by atoms with Gasteiger partial charge in [-0.15, -0.1) is 11.8 Å². The van der Waals surface area contributed by atoms with Crippen molar-refractivity contribution in [3.05, 3.63) is 83.0 Å². The maximum absolute atomic E-state index is 13.2. The molecular weight excluding hydrogens is 851 g/mol. The number of carbonyl (C=O) groups excluding carboxylic acids is 3. The highest BCUT2D eigenvalue weighted by Gasteiger charge is 2.39. The maximum Gasteiger partial charge on any atom is 0.362 e. The fourth-order valence-electron chi connectivity index (χ4n) is 8.07. The van der Waals surface area contributed by atoms with Crippen molar-refractivity contribution in [2.75, 3.05) is 62.3 Å². The lowest BCUT2D eigenvalue weighted by molar-refractivity contribution is -0.136. The second-order valence-electron chi connectivity index (χ2n) is 15.5. The number of piperidine rings is 2. The van der Waals surface area contributed by atoms with E-state index in [0.29, 0.717) is 58.8 Å². The summed E-state index contributed by atoms with van der Waals surface area (Å²) in [5.41, 5.74) is 3.87. The molecule has 3 aliphatic rings. The summed E-state index contributed by atoms with van der Waals surface area (Å²) in [6.45, 7) is 3.32. The Kier molecular flexibility index (Phi) is 15.4. The molecule has 0 radical (unpaired) electrons. The minimum atomic E-state index is -3.55. The smallest absolute Gasteiger partial charge is 0.362 e. The number of hydrogen-bond acceptors (Lipinski definition) is 14. The Morgan fingerprint density at radius 1 is 0.903 bits per heavy atom. The molecule has 4 aromatic rings. The number of hydrogen-bond donors (Lipinski definition) is 4. The number of imide groups is 1. The molecular formula is C44H54ClN8O7PS. The van der Waals surface area contributed by atoms with Crippen LogP contribution in [0.25, 0.3) is 0 Å². The summed E-state index contributed by atoms with van der Waals surface area (Å²) in [5, 5.41) is 13.2. The standard InChI is InChI=1S/C44H54ClN8O7PS/c1-58-38-26-31(13-16-35(38)49-44-47-27-34(45)41(51-44)48-36-11-7-8-12-39(36)61(57,59-2)60-3)52-22-19-30(20-23-52)46-21-9-5-4-6-10-24-62-32-14-15-33-29(25-32)28-53(43(33)56)37-17-18-40(54)50-42(37)55/h7-8,11-16,25-27,30,37,46H,4-6,9-10,17-24,28H2,1-3H3,(H,50,54,55)(H2,47,48,49,51). The summed E-state index contributed by atoms with van der Waals surface area (Å²) in [6.07, 6.45) is 10.1. The quantitative estimate of drug-likeness (QED) is 0.0293. The number of anilines is 5. The van der Waals surface area contributed by atoms with Gasteiger partial charge in [0.05, 0.1) is 30.0 Å². The first kappa shape index (κ1) is 45.3. The second kappa shape index (κ2) is 21.1. The van der Waals surface area contributed by atoms with Crippen molar-refractivity contribution in [1.82, 2.24) is 25.5 Å². The number of nitrogens with zero attached hydrogens (tertiary/aromatic N) is 4. The minimum absolute atomic E-state index is 0.132. The number of fused-ring (bicyclic) bond motifs is 1. The van der Waals surface area contributed by atoms with E-state index in [1.165, 1.54) is 39.7 Å². The number of benzene rings is 3. The number of halogens is 1. The number of ether oxygens (including phenoxy) is 1. The highest BCUT2D eigenvalue weighted by Crippen LogP contribution is 2.47. The predicted octanol–water partition coefficient (Wildman–Crippen LogP) is 7.80. The monoisotopic (exact) mass is 904 g/mol. The Hall–Kier alpha value is -4.70. The summed E-state index contributed by atoms with van der Waals surface area (Å²) in [7, 11) is 0.754. The summed E-state index contributed by atoms with van der Waals surface area (Å²) >= 11 is 8.29. The molecule has 3 aliphatic heterocycles. The van der Waals surface area contributed by atoms with Gasteiger partial charge < -0.3 is 39.5 Å². The molecule has 2 saturated heterocycles. The minimum Gasteiger partial charge on any atom is -0.494 e. The van der Waals surface area contributed by atoms with Crippen LogP contribution in [0.3, 0.4) is 0 Å². The molecule has 1 atom stereocenters. The molecule has 1 unspecified atom stereocenters. The van der Waals surface area contributed by atoms with Gasteiger partial charge in [0.15, 0.2) is 5.82 Å². The van der Waals surface area contributed by atoms with E-state index in [1.807, 2.05) is 36.0 Å². The third-order valence-corrected chi connectivity index (χ3v) is 14.8. The molecule has 15 nitrogen and oxygen atoms in total. The summed E-state index contributed by atoms with van der Waals surface area (Å²) in [5.74, 6) is 1.49. The molecule has 0 aliphatic carbocycles. The highest BCUT2D eigenvalue weighted by molar-refractivity contribution is 7.99. The Labute approximate surface area is 371 Å². The van der Waals surface area contributed by atoms with Crippen LogP contribution in [0.4, 0.5) is 28.8 Å². The lowest BCUT2D eigenvalue weighted by Gasteiger charge is -2.34. The first-order valence-electron chi connectivity index (χ1n) is 21.0. The third kappa shape index (κ3) is 10.9. The van der Waals surface area contributed by atoms with E-state index in [4.69, 9.17) is 25.4 Å². The number of carbonyl (C=O) groups is 3. The third-order valence-electron chi connectivity index (χ3n) is 11.5. The van der Waals surface area contributed by atoms with Crippen molar-refractivity contribution >= 4 is 82.8 Å². The largest absolute Gasteiger partial charge is 0.494 e. The molecule has 2 fully saturated rings. The number of aromatic nitrogens is 2. The molecule has 0 saturated carbocycles. The van der Waals surface area contributed by atoms with Crippen molar-refractivity contribution < 1.29 is 32.7 Å². The summed E-state index contributed by atoms with van der Waals surface area (Å²) in [4.78, 5) is 51.0. The Balaban J connectivity index is 0.794. The average molecular weight is 905 g/mol. The lowest BCUT2D eigenvalue weighted by Crippen LogP contribution is -2.52. The zero-order chi connectivity index (χ0) is 43.6. The van der Waals surface area contributed by atoms with Gasteiger partial charge in [0.1, 0.15) is 16.8 Å². The molecule has 18 heteroatoms. The Morgan fingerprint density at radius 2 is 1.68 bits per heavy atom. The molecule has 62 heavy (non-hydrogen) atoms. The molecule has 4 heterocycles. The molecule has 1 aromatic heterocycles. The highest BCUT2D eigenvalue weighted by atomic mass is 35.5. The summed E-state index contributed by atoms with van der Waals surface area (Å²) in [6, 6.07) is 18.9. The number of amides is 3. The first-order valence-corrected chi connectivity index (χ1v) is 23.9. The van der Waals surface area contributed by atoms with Gasteiger partial charge in [-0.3, -0.25) is 24.3 Å². The van der Waals surface area contributed by atoms with E-state index in [0.717, 1.165) is 67.2 Å². The fourth-order valence-corrected chi connectivity index (χ4v) is 10.4. The average Bonchev–Trinajstić information content (AvgIpc) is 3.61. The van der Waals surface area contributed by atoms with Gasteiger partial charge in [-0.1, -0.05) is 43.0 Å². The Morgan fingerprint density at radius 3 is 2.45 bits per heavy atom. The van der Waals surface area contributed by atoms with E-state index in [1.54, 1.807) is 36.3 Å². The van der Waals surface area contributed by atoms with Crippen molar-refractivity contribution in [2.45, 2.75) is 81.3 Å². The lowest BCUT2D eigenvalue weighted by atomic mass is 10.0. The van der Waals surface area contributed by atoms with Crippen LogP contribution in [0.15, 0.2) is 71.8 Å². The number of thioether (sulfide) groups is 1. The second-order valence-corrected chi connectivity index (χ2v) is 19.2. The van der Waals surface area contributed by atoms with E-state index in [2.05, 4.69) is 48.3 Å². The predicted molar refractivity (Wildman–Crippen MR) is 244 cm³/mol. The van der Waals surface area contributed by atoms with Crippen LogP contribution in [-0.4, -0.2) is 91.4 Å². The van der Waals surface area contributed by atoms with Crippen molar-refractivity contribution in [3.63, 3.8) is 0 Å². The van der Waals surface area contributed by atoms with Gasteiger partial charge >= 0.3 is 7.60 Å². The van der Waals surface area contributed by atoms with Crippen molar-refractivity contribution in [1.29, 1.82) is 0 Å². The van der Waals surface area contributed by atoms with Crippen LogP contribution in [-0.2, 0) is 29.7 Å². The summed E-state index contributed by atoms with van der Waals surface area (Å²) < 4.78 is 29.4. The SMILES string of the molecule is COc1cc(N2CCC(NCCCCCCCSc3ccc4c(c3)CN(C3CCC(=O)NC3=O)C4=O)CC2)ccc1Nc1ncc(Cl)c(Nc2ccccc2P(=O)(OC)OC)n1. The van der Waals surface area contributed by atoms with Crippen LogP contribution in [0.1, 0.15) is 73.7 Å². The van der Waals surface area contributed by atoms with Crippen LogP contribution in [0.2, 0.25) is 5.02 Å². The topological polar surface area (TPSA) is 176 Å². The van der Waals surface area contributed by atoms with Gasteiger partial charge in [-0.05, 0) is 92.4 Å². The van der Waals surface area contributed by atoms with Gasteiger partial charge in [-0.2, -0.15) is 4.98 Å². The molecule has 330 valence electrons. The van der Waals surface area contributed by atoms with E-state index in [-0.39, 0.29) is 29.2 Å². The van der Waals surface area contributed by atoms with Gasteiger partial charge in [0, 0.05) is 68.5 Å². The number of rotatable bonds is 20. The maximum atomic E-state index is 13.2. The molecule has 7 rings (SSSR count). The van der Waals surface area contributed by atoms with Crippen molar-refractivity contribution in [3.8, 4) is 5.75 Å². The van der Waals surface area contributed by atoms with E-state index >= 15 is 0 Å². The fraction of sp³-hybridized carbons (Fsp3) is 0.432. The molecule has 3 amide bonds. The number of para-hydroxylation sites is 1. The molecule has 4 N–H and O–H groups in total. The van der Waals surface area contributed by atoms with Gasteiger partial charge in [-0.25, -0.2) is 4.98 Å². The van der Waals surface area contributed by atoms with Crippen LogP contribution < -0.4 is 36.2 Å². The van der Waals surface area contributed by atoms with Crippen LogP contribution in [0.5, 0.6) is 5.75 Å². The van der Waals surface area contributed by atoms with Gasteiger partial charge in [0.2, 0.25) is 17.8 Å². The molecule has 0 bridgehead atoms. The van der Waals surface area contributed by atoms with Gasteiger partial charge in [0.25, 0.3) is 5.91 Å². The zero-order valence-corrected chi connectivity index (χ0v) is 37.8. The zero-order valence-electron chi connectivity index (χ0n) is 35.3. The normalized spacial score (nSPS) is 17.0. The van der Waals surface area contributed by atoms with Crippen LogP contribution >= 0.6 is 31.0 Å².